The molecule has 2 heterocycles. The van der Waals surface area contributed by atoms with E-state index >= 15 is 0 Å². The second-order valence-electron chi connectivity index (χ2n) is 8.94. The minimum atomic E-state index is -3.49. The highest BCUT2D eigenvalue weighted by molar-refractivity contribution is 7.89. The molecule has 0 radical (unpaired) electrons. The SMILES string of the molecule is CC1CCN(S(=O)(=O)c2ccc(N[C@H](C(=O)NC(C)(C)C)c3cccs3)cc2)CC1. The molecule has 2 N–H and O–H groups in total. The molecule has 1 amide bonds. The zero-order valence-corrected chi connectivity index (χ0v) is 19.6. The average molecular weight is 450 g/mol. The van der Waals surface area contributed by atoms with E-state index < -0.39 is 16.1 Å². The highest BCUT2D eigenvalue weighted by atomic mass is 32.2. The first-order valence-corrected chi connectivity index (χ1v) is 12.6. The molecule has 6 nitrogen and oxygen atoms in total. The van der Waals surface area contributed by atoms with Crippen LogP contribution >= 0.6 is 11.3 Å². The fraction of sp³-hybridized carbons (Fsp3) is 0.500. The van der Waals surface area contributed by atoms with Gasteiger partial charge in [0.25, 0.3) is 0 Å². The van der Waals surface area contributed by atoms with Crippen molar-refractivity contribution >= 4 is 33.0 Å². The van der Waals surface area contributed by atoms with Crippen LogP contribution < -0.4 is 10.6 Å². The molecular weight excluding hydrogens is 418 g/mol. The van der Waals surface area contributed by atoms with Crippen molar-refractivity contribution in [2.75, 3.05) is 18.4 Å². The number of carbonyl (C=O) groups is 1. The van der Waals surface area contributed by atoms with E-state index in [1.54, 1.807) is 28.6 Å². The summed E-state index contributed by atoms with van der Waals surface area (Å²) < 4.78 is 27.4. The fourth-order valence-electron chi connectivity index (χ4n) is 3.43. The Bertz CT molecular complexity index is 941. The molecule has 164 valence electrons. The number of nitrogens with zero attached hydrogens (tertiary/aromatic N) is 1. The van der Waals surface area contributed by atoms with Gasteiger partial charge in [0.1, 0.15) is 6.04 Å². The van der Waals surface area contributed by atoms with Crippen LogP contribution in [-0.2, 0) is 14.8 Å². The van der Waals surface area contributed by atoms with Crippen molar-refractivity contribution in [3.8, 4) is 0 Å². The van der Waals surface area contributed by atoms with Crippen LogP contribution in [0, 0.1) is 5.92 Å². The highest BCUT2D eigenvalue weighted by Crippen LogP contribution is 2.27. The molecule has 1 aliphatic heterocycles. The zero-order chi connectivity index (χ0) is 21.9. The summed E-state index contributed by atoms with van der Waals surface area (Å²) in [5, 5.41) is 8.20. The molecule has 1 fully saturated rings. The molecule has 0 aliphatic carbocycles. The molecule has 0 unspecified atom stereocenters. The smallest absolute Gasteiger partial charge is 0.248 e. The van der Waals surface area contributed by atoms with Crippen molar-refractivity contribution in [3.63, 3.8) is 0 Å². The summed E-state index contributed by atoms with van der Waals surface area (Å²) >= 11 is 1.51. The maximum Gasteiger partial charge on any atom is 0.248 e. The van der Waals surface area contributed by atoms with Gasteiger partial charge in [-0.3, -0.25) is 4.79 Å². The lowest BCUT2D eigenvalue weighted by atomic mass is 10.0. The van der Waals surface area contributed by atoms with E-state index in [1.807, 2.05) is 38.3 Å². The molecule has 1 aliphatic rings. The summed E-state index contributed by atoms with van der Waals surface area (Å²) in [7, 11) is -3.49. The molecule has 1 aromatic heterocycles. The number of rotatable bonds is 6. The van der Waals surface area contributed by atoms with Gasteiger partial charge in [-0.1, -0.05) is 13.0 Å². The van der Waals surface area contributed by atoms with E-state index in [0.29, 0.717) is 24.7 Å². The lowest BCUT2D eigenvalue weighted by Gasteiger charge is -2.29. The van der Waals surface area contributed by atoms with E-state index in [-0.39, 0.29) is 16.3 Å². The van der Waals surface area contributed by atoms with Gasteiger partial charge >= 0.3 is 0 Å². The lowest BCUT2D eigenvalue weighted by molar-refractivity contribution is -0.123. The Morgan fingerprint density at radius 2 is 1.77 bits per heavy atom. The third-order valence-corrected chi connectivity index (χ3v) is 7.98. The first kappa shape index (κ1) is 22.8. The molecule has 1 saturated heterocycles. The number of amides is 1. The van der Waals surface area contributed by atoms with Gasteiger partial charge in [-0.05, 0) is 75.2 Å². The second-order valence-corrected chi connectivity index (χ2v) is 11.9. The summed E-state index contributed by atoms with van der Waals surface area (Å²) in [5.41, 5.74) is 0.349. The van der Waals surface area contributed by atoms with E-state index in [2.05, 4.69) is 17.6 Å². The Balaban J connectivity index is 1.76. The molecule has 0 bridgehead atoms. The zero-order valence-electron chi connectivity index (χ0n) is 18.0. The largest absolute Gasteiger partial charge is 0.369 e. The maximum absolute atomic E-state index is 12.9. The predicted molar refractivity (Wildman–Crippen MR) is 122 cm³/mol. The Hall–Kier alpha value is -1.90. The summed E-state index contributed by atoms with van der Waals surface area (Å²) in [6.45, 7) is 9.12. The van der Waals surface area contributed by atoms with Crippen LogP contribution in [-0.4, -0.2) is 37.3 Å². The minimum Gasteiger partial charge on any atom is -0.369 e. The average Bonchev–Trinajstić information content (AvgIpc) is 3.20. The van der Waals surface area contributed by atoms with E-state index in [1.165, 1.54) is 11.3 Å². The molecule has 0 spiro atoms. The third-order valence-electron chi connectivity index (χ3n) is 5.13. The van der Waals surface area contributed by atoms with Crippen LogP contribution in [0.2, 0.25) is 0 Å². The number of hydrogen-bond donors (Lipinski definition) is 2. The lowest BCUT2D eigenvalue weighted by Crippen LogP contribution is -2.44. The molecule has 1 atom stereocenters. The Morgan fingerprint density at radius 3 is 2.30 bits per heavy atom. The van der Waals surface area contributed by atoms with Gasteiger partial charge < -0.3 is 10.6 Å². The predicted octanol–water partition coefficient (Wildman–Crippen LogP) is 4.24. The number of anilines is 1. The van der Waals surface area contributed by atoms with Gasteiger partial charge in [0, 0.05) is 29.2 Å². The van der Waals surface area contributed by atoms with E-state index in [4.69, 9.17) is 0 Å². The molecule has 0 saturated carbocycles. The van der Waals surface area contributed by atoms with Crippen molar-refractivity contribution < 1.29 is 13.2 Å². The standard InChI is InChI=1S/C22H31N3O3S2/c1-16-11-13-25(14-12-16)30(27,28)18-9-7-17(8-10-18)23-20(19-6-5-15-29-19)21(26)24-22(2,3)4/h5-10,15-16,20,23H,11-14H2,1-4H3,(H,24,26)/t20-/m0/s1. The van der Waals surface area contributed by atoms with Crippen LogP contribution in [0.5, 0.6) is 0 Å². The van der Waals surface area contributed by atoms with Crippen LogP contribution in [0.1, 0.15) is 51.5 Å². The molecule has 1 aromatic carbocycles. The monoisotopic (exact) mass is 449 g/mol. The first-order chi connectivity index (χ1) is 14.1. The van der Waals surface area contributed by atoms with Gasteiger partial charge in [-0.15, -0.1) is 11.3 Å². The number of piperidine rings is 1. The number of nitrogens with one attached hydrogen (secondary N) is 2. The van der Waals surface area contributed by atoms with Crippen LogP contribution in [0.15, 0.2) is 46.7 Å². The van der Waals surface area contributed by atoms with Gasteiger partial charge in [0.2, 0.25) is 15.9 Å². The summed E-state index contributed by atoms with van der Waals surface area (Å²) in [6.07, 6.45) is 1.79. The van der Waals surface area contributed by atoms with Crippen molar-refractivity contribution in [1.29, 1.82) is 0 Å². The van der Waals surface area contributed by atoms with Crippen LogP contribution in [0.25, 0.3) is 0 Å². The number of thiophene rings is 1. The quantitative estimate of drug-likeness (QED) is 0.692. The van der Waals surface area contributed by atoms with Crippen LogP contribution in [0.4, 0.5) is 5.69 Å². The Kier molecular flexibility index (Phi) is 6.89. The van der Waals surface area contributed by atoms with Crippen LogP contribution in [0.3, 0.4) is 0 Å². The van der Waals surface area contributed by atoms with Gasteiger partial charge in [-0.2, -0.15) is 4.31 Å². The normalized spacial score (nSPS) is 17.5. The summed E-state index contributed by atoms with van der Waals surface area (Å²) in [4.78, 5) is 14.0. The van der Waals surface area contributed by atoms with E-state index in [9.17, 15) is 13.2 Å². The molecular formula is C22H31N3O3S2. The van der Waals surface area contributed by atoms with Gasteiger partial charge in [0.15, 0.2) is 0 Å². The maximum atomic E-state index is 12.9. The summed E-state index contributed by atoms with van der Waals surface area (Å²) in [6, 6.07) is 9.96. The number of carbonyl (C=O) groups excluding carboxylic acids is 1. The molecule has 30 heavy (non-hydrogen) atoms. The Labute approximate surface area is 183 Å². The molecule has 8 heteroatoms. The first-order valence-electron chi connectivity index (χ1n) is 10.3. The highest BCUT2D eigenvalue weighted by Gasteiger charge is 2.29. The summed E-state index contributed by atoms with van der Waals surface area (Å²) in [5.74, 6) is 0.445. The Morgan fingerprint density at radius 1 is 1.13 bits per heavy atom. The van der Waals surface area contributed by atoms with Crippen molar-refractivity contribution in [3.05, 3.63) is 46.7 Å². The molecule has 3 rings (SSSR count). The number of sulfonamides is 1. The van der Waals surface area contributed by atoms with E-state index in [0.717, 1.165) is 17.7 Å². The topological polar surface area (TPSA) is 78.5 Å². The minimum absolute atomic E-state index is 0.121. The molecule has 2 aromatic rings. The second kappa shape index (κ2) is 9.08. The van der Waals surface area contributed by atoms with Gasteiger partial charge in [-0.25, -0.2) is 8.42 Å². The van der Waals surface area contributed by atoms with Crippen molar-refractivity contribution in [1.82, 2.24) is 9.62 Å². The van der Waals surface area contributed by atoms with Crippen molar-refractivity contribution in [2.24, 2.45) is 5.92 Å². The third kappa shape index (κ3) is 5.62. The number of benzene rings is 1. The fourth-order valence-corrected chi connectivity index (χ4v) is 5.67. The van der Waals surface area contributed by atoms with Gasteiger partial charge in [0.05, 0.1) is 4.90 Å². The van der Waals surface area contributed by atoms with Crippen molar-refractivity contribution in [2.45, 2.75) is 57.0 Å². The number of hydrogen-bond acceptors (Lipinski definition) is 5.